The van der Waals surface area contributed by atoms with Crippen molar-refractivity contribution in [1.82, 2.24) is 0 Å². The first-order valence-electron chi connectivity index (χ1n) is 12.7. The minimum Gasteiger partial charge on any atom is -0.761 e. The third-order valence-electron chi connectivity index (χ3n) is 9.81. The quantitative estimate of drug-likeness (QED) is 0.388. The van der Waals surface area contributed by atoms with E-state index >= 15 is 0 Å². The number of Topliss-reactive ketones (excluding diaryl/α,β-unsaturated/α-hetero) is 1. The summed E-state index contributed by atoms with van der Waals surface area (Å²) in [5, 5.41) is 10.8. The number of hydrogen-bond donors (Lipinski definition) is 1. The molecule has 1 aromatic rings. The number of esters is 2. The van der Waals surface area contributed by atoms with Gasteiger partial charge in [-0.1, -0.05) is 6.58 Å². The van der Waals surface area contributed by atoms with Crippen LogP contribution >= 0.6 is 0 Å². The molecule has 1 aromatic carbocycles. The molecule has 1 aliphatic heterocycles. The van der Waals surface area contributed by atoms with Crippen LogP contribution in [-0.4, -0.2) is 29.9 Å². The SMILES string of the molecule is C=C1OC2C3CC(C2OC(=O)C24CC5CC(C2)C(=O)C(C5)C4)C(C(=O)Oc2ccc(N[O-])cc2)C13. The van der Waals surface area contributed by atoms with Gasteiger partial charge in [-0.3, -0.25) is 14.4 Å². The lowest BCUT2D eigenvalue weighted by Gasteiger charge is -2.54. The fourth-order valence-electron chi connectivity index (χ4n) is 8.65. The Hall–Kier alpha value is -2.87. The third-order valence-corrected chi connectivity index (χ3v) is 9.81. The van der Waals surface area contributed by atoms with Crippen LogP contribution in [0.1, 0.15) is 38.5 Å². The topological polar surface area (TPSA) is 114 Å². The summed E-state index contributed by atoms with van der Waals surface area (Å²) in [5.74, 6) is 0.296. The number of carbonyl (C=O) groups excluding carboxylic acids is 3. The van der Waals surface area contributed by atoms with E-state index in [9.17, 15) is 19.6 Å². The van der Waals surface area contributed by atoms with Gasteiger partial charge in [0.15, 0.2) is 0 Å². The predicted octanol–water partition coefficient (Wildman–Crippen LogP) is 3.60. The Labute approximate surface area is 202 Å². The van der Waals surface area contributed by atoms with Crippen LogP contribution in [0.5, 0.6) is 5.75 Å². The van der Waals surface area contributed by atoms with Gasteiger partial charge in [-0.2, -0.15) is 0 Å². The van der Waals surface area contributed by atoms with E-state index in [2.05, 4.69) is 6.58 Å². The van der Waals surface area contributed by atoms with Gasteiger partial charge in [0.1, 0.15) is 23.7 Å². The Bertz CT molecular complexity index is 1110. The van der Waals surface area contributed by atoms with Gasteiger partial charge in [-0.15, -0.1) is 0 Å². The maximum absolute atomic E-state index is 13.7. The summed E-state index contributed by atoms with van der Waals surface area (Å²) < 4.78 is 18.0. The minimum absolute atomic E-state index is 0.00773. The molecule has 184 valence electrons. The highest BCUT2D eigenvalue weighted by atomic mass is 16.6. The standard InChI is InChI=1S/C27H28NO7/c1-12-20-18-8-19(21(20)25(30)34-17-4-2-16(28-32)3-5-17)24(23(18)33-12)35-26(31)27-9-13-6-14(10-27)22(29)15(7-13)11-27/h2-5,13-15,18-21,23-24,28H,1,6-11H2/q-1. The molecule has 8 unspecified atom stereocenters. The van der Waals surface area contributed by atoms with Crippen molar-refractivity contribution in [1.29, 1.82) is 0 Å². The van der Waals surface area contributed by atoms with E-state index < -0.39 is 23.4 Å². The van der Waals surface area contributed by atoms with Crippen molar-refractivity contribution in [3.63, 3.8) is 0 Å². The molecule has 0 amide bonds. The summed E-state index contributed by atoms with van der Waals surface area (Å²) in [5.41, 5.74) is 1.60. The van der Waals surface area contributed by atoms with Gasteiger partial charge in [-0.25, -0.2) is 0 Å². The molecule has 8 atom stereocenters. The zero-order valence-electron chi connectivity index (χ0n) is 19.3. The number of allylic oxidation sites excluding steroid dienone is 1. The largest absolute Gasteiger partial charge is 0.761 e. The summed E-state index contributed by atoms with van der Waals surface area (Å²) in [6.45, 7) is 4.06. The van der Waals surface area contributed by atoms with Crippen molar-refractivity contribution >= 4 is 23.4 Å². The first kappa shape index (κ1) is 21.4. The van der Waals surface area contributed by atoms with Crippen molar-refractivity contribution < 1.29 is 28.6 Å². The van der Waals surface area contributed by atoms with E-state index in [-0.39, 0.29) is 41.7 Å². The number of hydrogen-bond acceptors (Lipinski definition) is 8. The van der Waals surface area contributed by atoms with Gasteiger partial charge in [0.2, 0.25) is 0 Å². The van der Waals surface area contributed by atoms with Gasteiger partial charge < -0.3 is 24.9 Å². The highest BCUT2D eigenvalue weighted by molar-refractivity contribution is 5.90. The fraction of sp³-hybridized carbons (Fsp3) is 0.593. The lowest BCUT2D eigenvalue weighted by molar-refractivity contribution is -0.187. The molecule has 8 nitrogen and oxygen atoms in total. The fourth-order valence-corrected chi connectivity index (χ4v) is 8.65. The Kier molecular flexibility index (Phi) is 4.48. The molecule has 6 bridgehead atoms. The number of nitrogens with one attached hydrogen (secondary N) is 1. The molecule has 1 saturated heterocycles. The van der Waals surface area contributed by atoms with Crippen LogP contribution < -0.4 is 10.2 Å². The molecule has 0 spiro atoms. The summed E-state index contributed by atoms with van der Waals surface area (Å²) >= 11 is 0. The summed E-state index contributed by atoms with van der Waals surface area (Å²) in [7, 11) is 0. The second-order valence-corrected chi connectivity index (χ2v) is 11.6. The lowest BCUT2D eigenvalue weighted by atomic mass is 9.49. The van der Waals surface area contributed by atoms with Crippen molar-refractivity contribution in [3.8, 4) is 5.75 Å². The van der Waals surface area contributed by atoms with Gasteiger partial charge in [0.05, 0.1) is 17.1 Å². The Morgan fingerprint density at radius 3 is 2.46 bits per heavy atom. The number of anilines is 1. The highest BCUT2D eigenvalue weighted by Gasteiger charge is 2.69. The monoisotopic (exact) mass is 478 g/mol. The summed E-state index contributed by atoms with van der Waals surface area (Å²) in [4.78, 5) is 39.5. The summed E-state index contributed by atoms with van der Waals surface area (Å²) in [6, 6.07) is 6.23. The molecule has 0 aromatic heterocycles. The smallest absolute Gasteiger partial charge is 0.315 e. The molecule has 8 rings (SSSR count). The predicted molar refractivity (Wildman–Crippen MR) is 123 cm³/mol. The second-order valence-electron chi connectivity index (χ2n) is 11.6. The average Bonchev–Trinajstić information content (AvgIpc) is 3.46. The van der Waals surface area contributed by atoms with E-state index in [1.807, 2.05) is 0 Å². The molecular formula is C27H28NO7-. The third kappa shape index (κ3) is 2.98. The number of ether oxygens (including phenoxy) is 3. The van der Waals surface area contributed by atoms with Crippen LogP contribution in [0, 0.1) is 52.0 Å². The zero-order valence-corrected chi connectivity index (χ0v) is 19.3. The van der Waals surface area contributed by atoms with Crippen LogP contribution in [0.15, 0.2) is 36.6 Å². The maximum atomic E-state index is 13.7. The van der Waals surface area contributed by atoms with Crippen LogP contribution in [0.25, 0.3) is 0 Å². The van der Waals surface area contributed by atoms with Crippen LogP contribution in [0.2, 0.25) is 0 Å². The molecule has 1 heterocycles. The zero-order chi connectivity index (χ0) is 24.1. The van der Waals surface area contributed by atoms with E-state index in [0.717, 1.165) is 25.7 Å². The van der Waals surface area contributed by atoms with Crippen molar-refractivity contribution in [2.75, 3.05) is 5.48 Å². The van der Waals surface area contributed by atoms with Crippen molar-refractivity contribution in [2.24, 2.45) is 46.8 Å². The van der Waals surface area contributed by atoms with Gasteiger partial charge in [-0.05, 0) is 68.7 Å². The molecule has 6 aliphatic carbocycles. The van der Waals surface area contributed by atoms with Crippen LogP contribution in [0.3, 0.4) is 0 Å². The van der Waals surface area contributed by atoms with E-state index in [4.69, 9.17) is 14.2 Å². The maximum Gasteiger partial charge on any atom is 0.315 e. The summed E-state index contributed by atoms with van der Waals surface area (Å²) in [6.07, 6.45) is 3.74. The van der Waals surface area contributed by atoms with E-state index in [0.29, 0.717) is 41.7 Å². The molecule has 6 saturated carbocycles. The normalized spacial score (nSPS) is 43.9. The molecule has 0 radical (unpaired) electrons. The van der Waals surface area contributed by atoms with Gasteiger partial charge >= 0.3 is 11.9 Å². The Morgan fingerprint density at radius 1 is 1.06 bits per heavy atom. The molecule has 7 fully saturated rings. The number of ketones is 1. The molecule has 1 N–H and O–H groups in total. The lowest BCUT2D eigenvalue weighted by Crippen LogP contribution is -2.56. The molecule has 8 heteroatoms. The number of fused-ring (bicyclic) bond motifs is 1. The molecule has 7 aliphatic rings. The molecule has 35 heavy (non-hydrogen) atoms. The van der Waals surface area contributed by atoms with Gasteiger partial charge in [0.25, 0.3) is 0 Å². The Morgan fingerprint density at radius 2 is 1.77 bits per heavy atom. The molecular weight excluding hydrogens is 450 g/mol. The first-order valence-corrected chi connectivity index (χ1v) is 12.7. The highest BCUT2D eigenvalue weighted by Crippen LogP contribution is 2.63. The van der Waals surface area contributed by atoms with E-state index in [1.165, 1.54) is 0 Å². The van der Waals surface area contributed by atoms with Crippen LogP contribution in [-0.2, 0) is 23.9 Å². The number of carbonyl (C=O) groups is 3. The Balaban J connectivity index is 1.11. The second kappa shape index (κ2) is 7.32. The number of benzene rings is 1. The van der Waals surface area contributed by atoms with Crippen molar-refractivity contribution in [2.45, 2.75) is 50.7 Å². The van der Waals surface area contributed by atoms with Crippen molar-refractivity contribution in [3.05, 3.63) is 41.8 Å². The van der Waals surface area contributed by atoms with E-state index in [1.54, 1.807) is 29.7 Å². The first-order chi connectivity index (χ1) is 16.9. The van der Waals surface area contributed by atoms with Crippen LogP contribution in [0.4, 0.5) is 5.69 Å². The minimum atomic E-state index is -0.575. The average molecular weight is 479 g/mol. The van der Waals surface area contributed by atoms with Gasteiger partial charge in [0, 0.05) is 35.3 Å². The number of rotatable bonds is 5.